The quantitative estimate of drug-likeness (QED) is 0.777. The number of dihydropyridines is 1. The van der Waals surface area contributed by atoms with E-state index in [1.54, 1.807) is 14.0 Å². The number of aliphatic imine (C=N–C) groups is 1. The number of ether oxygens (including phenoxy) is 1. The molecule has 0 saturated carbocycles. The third-order valence-corrected chi connectivity index (χ3v) is 2.35. The zero-order valence-corrected chi connectivity index (χ0v) is 9.46. The van der Waals surface area contributed by atoms with Gasteiger partial charge in [0.25, 0.3) is 0 Å². The van der Waals surface area contributed by atoms with Crippen LogP contribution in [0.25, 0.3) is 0 Å². The lowest BCUT2D eigenvalue weighted by atomic mass is 10.1. The van der Waals surface area contributed by atoms with Crippen LogP contribution in [0, 0.1) is 0 Å². The van der Waals surface area contributed by atoms with Crippen LogP contribution in [-0.2, 0) is 4.74 Å². The fraction of sp³-hybridized carbons (Fsp3) is 0.700. The van der Waals surface area contributed by atoms with Crippen LogP contribution in [0.15, 0.2) is 16.6 Å². The minimum atomic E-state index is -4.47. The van der Waals surface area contributed by atoms with Crippen molar-refractivity contribution in [3.63, 3.8) is 0 Å². The van der Waals surface area contributed by atoms with Gasteiger partial charge in [-0.2, -0.15) is 13.2 Å². The van der Waals surface area contributed by atoms with E-state index in [0.29, 0.717) is 5.57 Å². The fourth-order valence-electron chi connectivity index (χ4n) is 1.29. The Hall–Kier alpha value is -0.950. The molecular weight excluding hydrogens is 240 g/mol. The van der Waals surface area contributed by atoms with Gasteiger partial charge in [0, 0.05) is 12.3 Å². The van der Waals surface area contributed by atoms with E-state index in [9.17, 15) is 17.6 Å². The highest BCUT2D eigenvalue weighted by Gasteiger charge is 2.32. The lowest BCUT2D eigenvalue weighted by Gasteiger charge is -2.22. The van der Waals surface area contributed by atoms with Crippen molar-refractivity contribution in [1.82, 2.24) is 5.32 Å². The number of nitrogens with zero attached hydrogens (tertiary/aromatic N) is 1. The largest absolute Gasteiger partial charge is 0.411 e. The molecule has 1 aliphatic rings. The van der Waals surface area contributed by atoms with Crippen LogP contribution in [0.2, 0.25) is 0 Å². The number of alkyl halides is 4. The number of likely N-dealkylation sites (N-methyl/N-ethyl adjacent to an activating group) is 1. The number of nitrogens with one attached hydrogen (secondary N) is 1. The van der Waals surface area contributed by atoms with Gasteiger partial charge in [-0.25, -0.2) is 4.39 Å². The average Bonchev–Trinajstić information content (AvgIpc) is 2.25. The molecule has 98 valence electrons. The third kappa shape index (κ3) is 4.43. The van der Waals surface area contributed by atoms with Crippen molar-refractivity contribution in [2.24, 2.45) is 4.99 Å². The van der Waals surface area contributed by atoms with Gasteiger partial charge >= 0.3 is 6.18 Å². The molecule has 0 aromatic heterocycles. The molecule has 1 N–H and O–H groups in total. The Balaban J connectivity index is 2.54. The number of hydrogen-bond acceptors (Lipinski definition) is 3. The Morgan fingerprint density at radius 3 is 2.65 bits per heavy atom. The third-order valence-electron chi connectivity index (χ3n) is 2.35. The molecule has 0 fully saturated rings. The van der Waals surface area contributed by atoms with Gasteiger partial charge in [-0.05, 0) is 25.6 Å². The maximum absolute atomic E-state index is 13.5. The lowest BCUT2D eigenvalue weighted by molar-refractivity contribution is -0.188. The minimum absolute atomic E-state index is 0.111. The SMILES string of the molecule is CNC(C)C1=CC(F)C(OCC(F)(F)F)N=C1. The van der Waals surface area contributed by atoms with E-state index in [1.165, 1.54) is 12.3 Å². The van der Waals surface area contributed by atoms with Crippen molar-refractivity contribution in [3.05, 3.63) is 11.6 Å². The summed E-state index contributed by atoms with van der Waals surface area (Å²) in [5.41, 5.74) is 0.590. The number of halogens is 4. The Bertz CT molecular complexity index is 314. The maximum Gasteiger partial charge on any atom is 0.411 e. The van der Waals surface area contributed by atoms with Crippen LogP contribution in [-0.4, -0.2) is 44.5 Å². The number of rotatable bonds is 4. The molecule has 0 aliphatic carbocycles. The molecule has 1 heterocycles. The lowest BCUT2D eigenvalue weighted by Crippen LogP contribution is -2.33. The summed E-state index contributed by atoms with van der Waals surface area (Å²) >= 11 is 0. The standard InChI is InChI=1S/C10H14F4N2O/c1-6(15-2)7-3-8(11)9(16-4-7)17-5-10(12,13)14/h3-4,6,8-9,15H,5H2,1-2H3. The second kappa shape index (κ2) is 5.59. The van der Waals surface area contributed by atoms with Crippen molar-refractivity contribution in [2.45, 2.75) is 31.5 Å². The molecule has 3 nitrogen and oxygen atoms in total. The van der Waals surface area contributed by atoms with Crippen LogP contribution < -0.4 is 5.32 Å². The molecule has 17 heavy (non-hydrogen) atoms. The zero-order chi connectivity index (χ0) is 13.1. The Morgan fingerprint density at radius 1 is 1.53 bits per heavy atom. The van der Waals surface area contributed by atoms with E-state index < -0.39 is 25.2 Å². The van der Waals surface area contributed by atoms with E-state index in [-0.39, 0.29) is 6.04 Å². The topological polar surface area (TPSA) is 33.6 Å². The Morgan fingerprint density at radius 2 is 2.18 bits per heavy atom. The molecule has 0 saturated heterocycles. The minimum Gasteiger partial charge on any atom is -0.344 e. The first kappa shape index (κ1) is 14.1. The van der Waals surface area contributed by atoms with Gasteiger partial charge in [-0.15, -0.1) is 0 Å². The molecule has 1 aliphatic heterocycles. The predicted molar refractivity (Wildman–Crippen MR) is 55.8 cm³/mol. The first-order chi connectivity index (χ1) is 7.83. The molecule has 3 atom stereocenters. The van der Waals surface area contributed by atoms with Crippen LogP contribution in [0.3, 0.4) is 0 Å². The summed E-state index contributed by atoms with van der Waals surface area (Å²) in [7, 11) is 1.69. The molecule has 0 aromatic rings. The van der Waals surface area contributed by atoms with Crippen molar-refractivity contribution in [1.29, 1.82) is 0 Å². The number of hydrogen-bond donors (Lipinski definition) is 1. The summed E-state index contributed by atoms with van der Waals surface area (Å²) in [5, 5.41) is 2.88. The van der Waals surface area contributed by atoms with E-state index in [2.05, 4.69) is 15.0 Å². The van der Waals surface area contributed by atoms with Gasteiger partial charge in [-0.1, -0.05) is 0 Å². The predicted octanol–water partition coefficient (Wildman–Crippen LogP) is 1.85. The van der Waals surface area contributed by atoms with Gasteiger partial charge in [0.05, 0.1) is 0 Å². The smallest absolute Gasteiger partial charge is 0.344 e. The van der Waals surface area contributed by atoms with Crippen molar-refractivity contribution >= 4 is 6.21 Å². The van der Waals surface area contributed by atoms with Crippen molar-refractivity contribution in [3.8, 4) is 0 Å². The molecule has 1 rings (SSSR count). The van der Waals surface area contributed by atoms with Crippen molar-refractivity contribution < 1.29 is 22.3 Å². The maximum atomic E-state index is 13.5. The van der Waals surface area contributed by atoms with Crippen LogP contribution in [0.4, 0.5) is 17.6 Å². The molecular formula is C10H14F4N2O. The monoisotopic (exact) mass is 254 g/mol. The van der Waals surface area contributed by atoms with Crippen LogP contribution in [0.1, 0.15) is 6.92 Å². The van der Waals surface area contributed by atoms with E-state index in [0.717, 1.165) is 0 Å². The van der Waals surface area contributed by atoms with Crippen molar-refractivity contribution in [2.75, 3.05) is 13.7 Å². The van der Waals surface area contributed by atoms with Gasteiger partial charge in [0.2, 0.25) is 0 Å². The van der Waals surface area contributed by atoms with Gasteiger partial charge in [-0.3, -0.25) is 4.99 Å². The molecule has 0 bridgehead atoms. The Labute approximate surface area is 96.5 Å². The fourth-order valence-corrected chi connectivity index (χ4v) is 1.29. The van der Waals surface area contributed by atoms with Gasteiger partial charge in [0.15, 0.2) is 12.4 Å². The molecule has 0 spiro atoms. The summed E-state index contributed by atoms with van der Waals surface area (Å²) in [4.78, 5) is 3.63. The van der Waals surface area contributed by atoms with E-state index in [1.807, 2.05) is 0 Å². The second-order valence-electron chi connectivity index (χ2n) is 3.72. The highest BCUT2D eigenvalue weighted by molar-refractivity contribution is 5.81. The summed E-state index contributed by atoms with van der Waals surface area (Å²) in [5.74, 6) is 0. The second-order valence-corrected chi connectivity index (χ2v) is 3.72. The normalized spacial score (nSPS) is 26.8. The molecule has 7 heteroatoms. The molecule has 0 radical (unpaired) electrons. The van der Waals surface area contributed by atoms with Crippen LogP contribution in [0.5, 0.6) is 0 Å². The Kier molecular flexibility index (Phi) is 4.64. The van der Waals surface area contributed by atoms with E-state index in [4.69, 9.17) is 0 Å². The zero-order valence-electron chi connectivity index (χ0n) is 9.46. The van der Waals surface area contributed by atoms with E-state index >= 15 is 0 Å². The molecule has 0 amide bonds. The highest BCUT2D eigenvalue weighted by atomic mass is 19.4. The summed E-state index contributed by atoms with van der Waals surface area (Å²) < 4.78 is 53.4. The molecule has 3 unspecified atom stereocenters. The summed E-state index contributed by atoms with van der Waals surface area (Å²) in [6, 6.07) is -0.111. The average molecular weight is 254 g/mol. The van der Waals surface area contributed by atoms with Gasteiger partial charge < -0.3 is 10.1 Å². The first-order valence-corrected chi connectivity index (χ1v) is 5.08. The molecule has 0 aromatic carbocycles. The first-order valence-electron chi connectivity index (χ1n) is 5.08. The summed E-state index contributed by atoms with van der Waals surface area (Å²) in [6.45, 7) is 0.293. The van der Waals surface area contributed by atoms with Crippen LogP contribution >= 0.6 is 0 Å². The highest BCUT2D eigenvalue weighted by Crippen LogP contribution is 2.20. The summed E-state index contributed by atoms with van der Waals surface area (Å²) in [6.07, 6.45) is -5.00. The van der Waals surface area contributed by atoms with Gasteiger partial charge in [0.1, 0.15) is 6.61 Å².